The summed E-state index contributed by atoms with van der Waals surface area (Å²) >= 11 is 0. The van der Waals surface area contributed by atoms with E-state index in [9.17, 15) is 14.4 Å². The van der Waals surface area contributed by atoms with Crippen molar-refractivity contribution < 1.29 is 19.1 Å². The highest BCUT2D eigenvalue weighted by atomic mass is 16.6. The Morgan fingerprint density at radius 1 is 1.10 bits per heavy atom. The summed E-state index contributed by atoms with van der Waals surface area (Å²) in [5.74, 6) is -0.939. The summed E-state index contributed by atoms with van der Waals surface area (Å²) in [6.07, 6.45) is 7.77. The van der Waals surface area contributed by atoms with Crippen LogP contribution in [0.25, 0.3) is 0 Å². The van der Waals surface area contributed by atoms with Crippen LogP contribution in [0.4, 0.5) is 4.79 Å². The second-order valence-electron chi connectivity index (χ2n) is 8.57. The van der Waals surface area contributed by atoms with Crippen molar-refractivity contribution in [2.24, 2.45) is 0 Å². The van der Waals surface area contributed by atoms with Gasteiger partial charge in [0.25, 0.3) is 5.91 Å². The zero-order valence-corrected chi connectivity index (χ0v) is 19.5. The Balaban J connectivity index is 3.07. The molecule has 0 saturated heterocycles. The average Bonchev–Trinajstić information content (AvgIpc) is 2.65. The molecule has 0 aliphatic carbocycles. The number of amides is 3. The first-order chi connectivity index (χ1) is 14.5. The predicted octanol–water partition coefficient (Wildman–Crippen LogP) is 3.59. The summed E-state index contributed by atoms with van der Waals surface area (Å²) in [6.45, 7) is 11.2. The van der Waals surface area contributed by atoms with Gasteiger partial charge in [-0.05, 0) is 46.6 Å². The molecule has 31 heavy (non-hydrogen) atoms. The van der Waals surface area contributed by atoms with Crippen LogP contribution in [0.2, 0.25) is 0 Å². The average molecular weight is 430 g/mol. The second kappa shape index (κ2) is 12.0. The molecule has 0 radical (unpaired) electrons. The number of ether oxygens (including phenoxy) is 1. The Kier molecular flexibility index (Phi) is 10.1. The van der Waals surface area contributed by atoms with Gasteiger partial charge in [-0.3, -0.25) is 14.5 Å². The lowest BCUT2D eigenvalue weighted by molar-refractivity contribution is -0.136. The molecule has 1 rings (SSSR count). The largest absolute Gasteiger partial charge is 0.444 e. The van der Waals surface area contributed by atoms with Crippen LogP contribution in [-0.4, -0.2) is 41.5 Å². The number of aryl methyl sites for hydroxylation is 2. The van der Waals surface area contributed by atoms with E-state index in [1.54, 1.807) is 20.8 Å². The van der Waals surface area contributed by atoms with Gasteiger partial charge in [0, 0.05) is 12.6 Å². The molecule has 0 heterocycles. The predicted molar refractivity (Wildman–Crippen MR) is 121 cm³/mol. The molecule has 170 valence electrons. The normalized spacial score (nSPS) is 11.8. The monoisotopic (exact) mass is 429 g/mol. The van der Waals surface area contributed by atoms with E-state index in [-0.39, 0.29) is 12.5 Å². The van der Waals surface area contributed by atoms with Gasteiger partial charge >= 0.3 is 6.09 Å². The minimum Gasteiger partial charge on any atom is -0.444 e. The molecule has 0 aliphatic heterocycles. The molecule has 1 aromatic carbocycles. The van der Waals surface area contributed by atoms with E-state index in [4.69, 9.17) is 11.2 Å². The Hall–Kier alpha value is -3.01. The molecule has 1 atom stereocenters. The molecule has 1 unspecified atom stereocenters. The number of alkyl carbamates (subject to hydrolysis) is 1. The van der Waals surface area contributed by atoms with E-state index >= 15 is 0 Å². The van der Waals surface area contributed by atoms with Gasteiger partial charge in [0.2, 0.25) is 5.91 Å². The number of unbranched alkanes of at least 4 members (excludes halogenated alkanes) is 2. The molecule has 0 bridgehead atoms. The van der Waals surface area contributed by atoms with E-state index in [0.717, 1.165) is 35.3 Å². The number of carbonyl (C=O) groups excluding carboxylic acids is 3. The molecule has 7 heteroatoms. The number of benzene rings is 1. The standard InChI is InChI=1S/C24H35N3O4/c1-8-10-11-12-25-22(29)21(19-14-17(3)13-18(4)15-19)27(9-2)20(28)16-26-23(30)31-24(5,6)7/h2,13-15,21H,8,10-12,16H2,1,3-7H3,(H,25,29)(H,26,30). The third kappa shape index (κ3) is 9.12. The van der Waals surface area contributed by atoms with Crippen molar-refractivity contribution in [3.05, 3.63) is 34.9 Å². The minimum atomic E-state index is -1.00. The van der Waals surface area contributed by atoms with E-state index in [0.29, 0.717) is 12.1 Å². The Morgan fingerprint density at radius 2 is 1.71 bits per heavy atom. The van der Waals surface area contributed by atoms with Gasteiger partial charge in [0.1, 0.15) is 18.2 Å². The molecule has 0 aliphatic rings. The molecule has 0 aromatic heterocycles. The highest BCUT2D eigenvalue weighted by Gasteiger charge is 2.31. The zero-order chi connectivity index (χ0) is 23.6. The van der Waals surface area contributed by atoms with Gasteiger partial charge in [-0.2, -0.15) is 0 Å². The Labute approximate surface area is 185 Å². The summed E-state index contributed by atoms with van der Waals surface area (Å²) in [6, 6.07) is 6.97. The molecular formula is C24H35N3O4. The summed E-state index contributed by atoms with van der Waals surface area (Å²) < 4.78 is 5.15. The van der Waals surface area contributed by atoms with E-state index in [1.807, 2.05) is 32.0 Å². The van der Waals surface area contributed by atoms with Crippen LogP contribution in [0.5, 0.6) is 0 Å². The molecule has 0 fully saturated rings. The molecule has 0 saturated carbocycles. The summed E-state index contributed by atoms with van der Waals surface area (Å²) in [4.78, 5) is 38.8. The maximum atomic E-state index is 13.0. The van der Waals surface area contributed by atoms with Gasteiger partial charge in [0.15, 0.2) is 0 Å². The fourth-order valence-electron chi connectivity index (χ4n) is 3.11. The number of terminal acetylenes is 1. The summed E-state index contributed by atoms with van der Waals surface area (Å²) in [5.41, 5.74) is 1.83. The van der Waals surface area contributed by atoms with Crippen molar-refractivity contribution in [2.75, 3.05) is 13.1 Å². The van der Waals surface area contributed by atoms with E-state index in [2.05, 4.69) is 23.6 Å². The molecule has 7 nitrogen and oxygen atoms in total. The first-order valence-corrected chi connectivity index (χ1v) is 10.6. The number of nitrogens with one attached hydrogen (secondary N) is 2. The van der Waals surface area contributed by atoms with Crippen LogP contribution in [0.3, 0.4) is 0 Å². The molecular weight excluding hydrogens is 394 g/mol. The van der Waals surface area contributed by atoms with Crippen molar-refractivity contribution in [1.82, 2.24) is 15.5 Å². The fourth-order valence-corrected chi connectivity index (χ4v) is 3.11. The van der Waals surface area contributed by atoms with Crippen molar-refractivity contribution in [3.63, 3.8) is 0 Å². The van der Waals surface area contributed by atoms with E-state index < -0.39 is 23.6 Å². The van der Waals surface area contributed by atoms with Crippen LogP contribution in [0.15, 0.2) is 18.2 Å². The van der Waals surface area contributed by atoms with Crippen LogP contribution in [0, 0.1) is 26.3 Å². The van der Waals surface area contributed by atoms with Crippen LogP contribution < -0.4 is 10.6 Å². The number of nitrogens with zero attached hydrogens (tertiary/aromatic N) is 1. The quantitative estimate of drug-likeness (QED) is 0.357. The van der Waals surface area contributed by atoms with Crippen molar-refractivity contribution in [2.45, 2.75) is 72.4 Å². The highest BCUT2D eigenvalue weighted by Crippen LogP contribution is 2.23. The van der Waals surface area contributed by atoms with Gasteiger partial charge in [0.05, 0.1) is 0 Å². The first-order valence-electron chi connectivity index (χ1n) is 10.6. The third-order valence-corrected chi connectivity index (χ3v) is 4.34. The SMILES string of the molecule is C#CN(C(=O)CNC(=O)OC(C)(C)C)C(C(=O)NCCCCC)c1cc(C)cc(C)c1. The smallest absolute Gasteiger partial charge is 0.408 e. The first kappa shape index (κ1) is 26.0. The number of carbonyl (C=O) groups is 3. The number of rotatable bonds is 9. The molecule has 3 amide bonds. The number of hydrogen-bond acceptors (Lipinski definition) is 4. The maximum absolute atomic E-state index is 13.0. The van der Waals surface area contributed by atoms with Crippen LogP contribution >= 0.6 is 0 Å². The fraction of sp³-hybridized carbons (Fsp3) is 0.542. The Morgan fingerprint density at radius 3 is 2.23 bits per heavy atom. The van der Waals surface area contributed by atoms with Gasteiger partial charge in [-0.15, -0.1) is 0 Å². The summed E-state index contributed by atoms with van der Waals surface area (Å²) in [5, 5.41) is 5.28. The van der Waals surface area contributed by atoms with E-state index in [1.165, 1.54) is 0 Å². The van der Waals surface area contributed by atoms with Crippen molar-refractivity contribution >= 4 is 17.9 Å². The lowest BCUT2D eigenvalue weighted by Gasteiger charge is -2.27. The molecule has 1 aromatic rings. The molecule has 2 N–H and O–H groups in total. The zero-order valence-electron chi connectivity index (χ0n) is 19.5. The lowest BCUT2D eigenvalue weighted by Crippen LogP contribution is -2.46. The summed E-state index contributed by atoms with van der Waals surface area (Å²) in [7, 11) is 0. The van der Waals surface area contributed by atoms with Crippen molar-refractivity contribution in [3.8, 4) is 12.5 Å². The van der Waals surface area contributed by atoms with Gasteiger partial charge in [-0.1, -0.05) is 55.5 Å². The van der Waals surface area contributed by atoms with Crippen molar-refractivity contribution in [1.29, 1.82) is 0 Å². The highest BCUT2D eigenvalue weighted by molar-refractivity contribution is 5.91. The number of hydrogen-bond donors (Lipinski definition) is 2. The minimum absolute atomic E-state index is 0.357. The topological polar surface area (TPSA) is 87.7 Å². The lowest BCUT2D eigenvalue weighted by atomic mass is 9.99. The maximum Gasteiger partial charge on any atom is 0.408 e. The molecule has 0 spiro atoms. The third-order valence-electron chi connectivity index (χ3n) is 4.34. The van der Waals surface area contributed by atoms with Gasteiger partial charge in [-0.25, -0.2) is 4.79 Å². The Bertz CT molecular complexity index is 801. The second-order valence-corrected chi connectivity index (χ2v) is 8.57. The van der Waals surface area contributed by atoms with Crippen LogP contribution in [0.1, 0.15) is 69.7 Å². The van der Waals surface area contributed by atoms with Crippen LogP contribution in [-0.2, 0) is 14.3 Å². The van der Waals surface area contributed by atoms with Gasteiger partial charge < -0.3 is 15.4 Å².